The summed E-state index contributed by atoms with van der Waals surface area (Å²) in [7, 11) is 0. The van der Waals surface area contributed by atoms with Crippen LogP contribution in [0.2, 0.25) is 0 Å². The second-order valence-corrected chi connectivity index (χ2v) is 6.96. The fourth-order valence-corrected chi connectivity index (χ4v) is 2.99. The molecule has 0 bridgehead atoms. The third kappa shape index (κ3) is 4.45. The zero-order valence-electron chi connectivity index (χ0n) is 12.5. The molecule has 6 heteroatoms. The number of amides is 2. The maximum atomic E-state index is 11.8. The maximum Gasteiger partial charge on any atom is 0.315 e. The summed E-state index contributed by atoms with van der Waals surface area (Å²) in [5.74, 6) is 0. The summed E-state index contributed by atoms with van der Waals surface area (Å²) < 4.78 is 0. The minimum atomic E-state index is -0.0905. The zero-order chi connectivity index (χ0) is 14.6. The summed E-state index contributed by atoms with van der Waals surface area (Å²) in [6.45, 7) is 9.29. The number of urea groups is 1. The van der Waals surface area contributed by atoms with Gasteiger partial charge < -0.3 is 10.6 Å². The second-order valence-electron chi connectivity index (χ2n) is 6.24. The van der Waals surface area contributed by atoms with Gasteiger partial charge in [-0.05, 0) is 33.6 Å². The van der Waals surface area contributed by atoms with E-state index in [9.17, 15) is 4.79 Å². The minimum Gasteiger partial charge on any atom is -0.335 e. The lowest BCUT2D eigenvalue weighted by molar-refractivity contribution is 0.0978. The predicted molar refractivity (Wildman–Crippen MR) is 81.8 cm³/mol. The van der Waals surface area contributed by atoms with E-state index in [0.717, 1.165) is 31.6 Å². The number of likely N-dealkylation sites (tertiary alicyclic amines) is 1. The summed E-state index contributed by atoms with van der Waals surface area (Å²) in [4.78, 5) is 18.4. The van der Waals surface area contributed by atoms with Gasteiger partial charge in [0.25, 0.3) is 0 Å². The first-order chi connectivity index (χ1) is 9.45. The number of rotatable bonds is 3. The van der Waals surface area contributed by atoms with Gasteiger partial charge in [0.1, 0.15) is 0 Å². The van der Waals surface area contributed by atoms with Crippen molar-refractivity contribution in [2.45, 2.75) is 51.7 Å². The lowest BCUT2D eigenvalue weighted by atomic mass is 9.98. The van der Waals surface area contributed by atoms with Crippen LogP contribution in [0.4, 0.5) is 4.79 Å². The summed E-state index contributed by atoms with van der Waals surface area (Å²) in [5, 5.41) is 7.85. The van der Waals surface area contributed by atoms with Crippen molar-refractivity contribution in [3.8, 4) is 0 Å². The molecule has 1 aromatic heterocycles. The zero-order valence-corrected chi connectivity index (χ0v) is 13.3. The van der Waals surface area contributed by atoms with Crippen molar-refractivity contribution >= 4 is 17.4 Å². The van der Waals surface area contributed by atoms with Crippen LogP contribution >= 0.6 is 11.3 Å². The molecular weight excluding hydrogens is 272 g/mol. The van der Waals surface area contributed by atoms with Gasteiger partial charge >= 0.3 is 6.03 Å². The third-order valence-electron chi connectivity index (χ3n) is 3.69. The molecular formula is C14H24N4OS. The number of thiazole rings is 1. The van der Waals surface area contributed by atoms with Crippen LogP contribution < -0.4 is 10.6 Å². The first-order valence-corrected chi connectivity index (χ1v) is 8.06. The normalized spacial score (nSPS) is 17.9. The number of piperidine rings is 1. The van der Waals surface area contributed by atoms with Crippen LogP contribution in [0.15, 0.2) is 10.9 Å². The van der Waals surface area contributed by atoms with Crippen molar-refractivity contribution in [1.29, 1.82) is 0 Å². The number of hydrogen-bond acceptors (Lipinski definition) is 4. The van der Waals surface area contributed by atoms with Crippen LogP contribution in [0.5, 0.6) is 0 Å². The molecule has 0 spiro atoms. The summed E-state index contributed by atoms with van der Waals surface area (Å²) in [6.07, 6.45) is 2.03. The Kier molecular flexibility index (Phi) is 4.99. The Morgan fingerprint density at radius 3 is 2.70 bits per heavy atom. The molecule has 2 N–H and O–H groups in total. The molecule has 1 aliphatic rings. The van der Waals surface area contributed by atoms with Crippen LogP contribution in [0.1, 0.15) is 39.3 Å². The van der Waals surface area contributed by atoms with Gasteiger partial charge in [-0.25, -0.2) is 9.78 Å². The van der Waals surface area contributed by atoms with Crippen LogP contribution in [0.3, 0.4) is 0 Å². The number of nitrogens with one attached hydrogen (secondary N) is 2. The van der Waals surface area contributed by atoms with E-state index in [0.29, 0.717) is 6.54 Å². The molecule has 112 valence electrons. The van der Waals surface area contributed by atoms with E-state index < -0.39 is 0 Å². The average molecular weight is 296 g/mol. The summed E-state index contributed by atoms with van der Waals surface area (Å²) >= 11 is 1.54. The Labute approximate surface area is 124 Å². The van der Waals surface area contributed by atoms with Gasteiger partial charge in [0.15, 0.2) is 0 Å². The van der Waals surface area contributed by atoms with Gasteiger partial charge in [-0.1, -0.05) is 0 Å². The molecule has 1 aromatic rings. The third-order valence-corrected chi connectivity index (χ3v) is 4.33. The van der Waals surface area contributed by atoms with Gasteiger partial charge in [-0.3, -0.25) is 4.90 Å². The highest BCUT2D eigenvalue weighted by atomic mass is 32.1. The van der Waals surface area contributed by atoms with Crippen LogP contribution in [0, 0.1) is 0 Å². The molecule has 20 heavy (non-hydrogen) atoms. The fourth-order valence-electron chi connectivity index (χ4n) is 2.43. The van der Waals surface area contributed by atoms with Crippen molar-refractivity contribution in [3.05, 3.63) is 16.6 Å². The average Bonchev–Trinajstić information content (AvgIpc) is 2.89. The van der Waals surface area contributed by atoms with E-state index in [-0.39, 0.29) is 17.6 Å². The lowest BCUT2D eigenvalue weighted by Crippen LogP contribution is -2.52. The quantitative estimate of drug-likeness (QED) is 0.899. The molecule has 0 unspecified atom stereocenters. The minimum absolute atomic E-state index is 0.0905. The molecule has 0 saturated carbocycles. The predicted octanol–water partition coefficient (Wildman–Crippen LogP) is 2.21. The molecule has 1 saturated heterocycles. The Hall–Kier alpha value is -1.14. The summed E-state index contributed by atoms with van der Waals surface area (Å²) in [5.41, 5.74) is 2.90. The molecule has 1 fully saturated rings. The first kappa shape index (κ1) is 15.3. The molecule has 2 rings (SSSR count). The van der Waals surface area contributed by atoms with Gasteiger partial charge in [0.2, 0.25) is 0 Å². The van der Waals surface area contributed by atoms with E-state index >= 15 is 0 Å². The Morgan fingerprint density at radius 2 is 2.15 bits per heavy atom. The molecule has 0 aliphatic carbocycles. The first-order valence-electron chi connectivity index (χ1n) is 7.11. The number of carbonyl (C=O) groups excluding carboxylic acids is 1. The summed E-state index contributed by atoms with van der Waals surface area (Å²) in [6, 6.07) is 0.191. The van der Waals surface area contributed by atoms with Crippen molar-refractivity contribution in [2.24, 2.45) is 0 Å². The molecule has 0 radical (unpaired) electrons. The maximum absolute atomic E-state index is 11.8. The van der Waals surface area contributed by atoms with Gasteiger partial charge in [0.05, 0.1) is 17.7 Å². The topological polar surface area (TPSA) is 57.3 Å². The molecule has 2 amide bonds. The molecule has 0 aromatic carbocycles. The van der Waals surface area contributed by atoms with Gasteiger partial charge in [-0.2, -0.15) is 0 Å². The van der Waals surface area contributed by atoms with E-state index in [1.54, 1.807) is 16.8 Å². The van der Waals surface area contributed by atoms with Crippen molar-refractivity contribution < 1.29 is 4.79 Å². The molecule has 2 heterocycles. The smallest absolute Gasteiger partial charge is 0.315 e. The van der Waals surface area contributed by atoms with Crippen LogP contribution in [0.25, 0.3) is 0 Å². The van der Waals surface area contributed by atoms with Crippen molar-refractivity contribution in [3.63, 3.8) is 0 Å². The van der Waals surface area contributed by atoms with Gasteiger partial charge in [-0.15, -0.1) is 11.3 Å². The number of nitrogens with zero attached hydrogens (tertiary/aromatic N) is 2. The van der Waals surface area contributed by atoms with E-state index in [1.165, 1.54) is 0 Å². The van der Waals surface area contributed by atoms with E-state index in [4.69, 9.17) is 0 Å². The van der Waals surface area contributed by atoms with E-state index in [1.807, 2.05) is 5.38 Å². The SMILES string of the molecule is CC(C)(C)N1CCC(NC(=O)NCc2cscn2)CC1. The molecule has 1 aliphatic heterocycles. The number of carbonyl (C=O) groups is 1. The number of hydrogen-bond donors (Lipinski definition) is 2. The molecule has 0 atom stereocenters. The lowest BCUT2D eigenvalue weighted by Gasteiger charge is -2.40. The highest BCUT2D eigenvalue weighted by molar-refractivity contribution is 7.07. The van der Waals surface area contributed by atoms with Crippen LogP contribution in [-0.4, -0.2) is 40.6 Å². The standard InChI is InChI=1S/C14H24N4OS/c1-14(2,3)18-6-4-11(5-7-18)17-13(19)15-8-12-9-20-10-16-12/h9-11H,4-8H2,1-3H3,(H2,15,17,19). The monoisotopic (exact) mass is 296 g/mol. The van der Waals surface area contributed by atoms with E-state index in [2.05, 4.69) is 41.3 Å². The van der Waals surface area contributed by atoms with Gasteiger partial charge in [0, 0.05) is 30.1 Å². The second kappa shape index (κ2) is 6.54. The Morgan fingerprint density at radius 1 is 1.45 bits per heavy atom. The van der Waals surface area contributed by atoms with Crippen molar-refractivity contribution in [2.75, 3.05) is 13.1 Å². The highest BCUT2D eigenvalue weighted by Crippen LogP contribution is 2.19. The highest BCUT2D eigenvalue weighted by Gasteiger charge is 2.27. The Bertz CT molecular complexity index is 419. The largest absolute Gasteiger partial charge is 0.335 e. The molecule has 5 nitrogen and oxygen atoms in total. The fraction of sp³-hybridized carbons (Fsp3) is 0.714. The Balaban J connectivity index is 1.68. The van der Waals surface area contributed by atoms with Crippen LogP contribution in [-0.2, 0) is 6.54 Å². The number of aromatic nitrogens is 1. The van der Waals surface area contributed by atoms with Crippen molar-refractivity contribution in [1.82, 2.24) is 20.5 Å².